The van der Waals surface area contributed by atoms with E-state index >= 15 is 4.39 Å². The van der Waals surface area contributed by atoms with Gasteiger partial charge in [0.05, 0.1) is 30.7 Å². The molecular weight excluding hydrogens is 599 g/mol. The number of aromatic nitrogens is 4. The van der Waals surface area contributed by atoms with Crippen LogP contribution in [0.3, 0.4) is 0 Å². The first-order valence-electron chi connectivity index (χ1n) is 16.0. The summed E-state index contributed by atoms with van der Waals surface area (Å²) < 4.78 is 28.7. The number of rotatable bonds is 9. The van der Waals surface area contributed by atoms with E-state index in [1.165, 1.54) is 12.4 Å². The van der Waals surface area contributed by atoms with Crippen molar-refractivity contribution < 1.29 is 18.7 Å². The number of anilines is 1. The molecule has 4 heterocycles. The number of halogens is 1. The van der Waals surface area contributed by atoms with Gasteiger partial charge in [-0.15, -0.1) is 0 Å². The van der Waals surface area contributed by atoms with Gasteiger partial charge in [0, 0.05) is 36.3 Å². The summed E-state index contributed by atoms with van der Waals surface area (Å²) in [6.07, 6.45) is 6.81. The molecule has 1 atom stereocenters. The van der Waals surface area contributed by atoms with Crippen molar-refractivity contribution >= 4 is 22.8 Å². The van der Waals surface area contributed by atoms with E-state index in [-0.39, 0.29) is 34.9 Å². The summed E-state index contributed by atoms with van der Waals surface area (Å²) in [4.78, 5) is 26.6. The zero-order valence-electron chi connectivity index (χ0n) is 26.5. The standard InChI is InChI=1S/C35H37FN8O3/c1-35(2,43(23-10-11-23)25-19-46-20-25)16-22(17-37)34(45)42-14-6-7-24(18-42)44-33-30(32(38)39-21-40-33)31(41-44)28-13-12-27(15-29(28)36)47-26-8-4-3-5-9-26/h3-5,8-9,12-13,15-16,21,23-25H,6-7,10-11,14,18-20H2,1-2H3,(H2,38,39,40)/b22-16+/t24-/m0/s1. The number of benzene rings is 2. The van der Waals surface area contributed by atoms with Crippen LogP contribution in [0.1, 0.15) is 45.6 Å². The Kier molecular flexibility index (Phi) is 8.11. The molecule has 1 aliphatic carbocycles. The van der Waals surface area contributed by atoms with Crippen LogP contribution in [0, 0.1) is 17.1 Å². The topological polar surface area (TPSA) is 135 Å². The number of nitrogen functional groups attached to an aromatic ring is 1. The molecule has 3 fully saturated rings. The fourth-order valence-corrected chi connectivity index (χ4v) is 6.87. The van der Waals surface area contributed by atoms with Crippen molar-refractivity contribution in [1.82, 2.24) is 29.5 Å². The number of hydrogen-bond acceptors (Lipinski definition) is 9. The van der Waals surface area contributed by atoms with Gasteiger partial charge in [-0.3, -0.25) is 9.69 Å². The molecule has 1 saturated carbocycles. The van der Waals surface area contributed by atoms with Gasteiger partial charge in [0.1, 0.15) is 46.8 Å². The second kappa shape index (κ2) is 12.4. The van der Waals surface area contributed by atoms with Crippen molar-refractivity contribution in [2.75, 3.05) is 32.0 Å². The Labute approximate surface area is 272 Å². The monoisotopic (exact) mass is 636 g/mol. The van der Waals surface area contributed by atoms with Crippen molar-refractivity contribution in [2.24, 2.45) is 0 Å². The first-order chi connectivity index (χ1) is 22.7. The summed E-state index contributed by atoms with van der Waals surface area (Å²) in [5, 5.41) is 15.4. The Bertz CT molecular complexity index is 1880. The number of piperidine rings is 1. The van der Waals surface area contributed by atoms with E-state index in [4.69, 9.17) is 20.3 Å². The van der Waals surface area contributed by atoms with Gasteiger partial charge in [-0.25, -0.2) is 19.0 Å². The predicted molar refractivity (Wildman–Crippen MR) is 174 cm³/mol. The molecule has 0 unspecified atom stereocenters. The van der Waals surface area contributed by atoms with E-state index in [9.17, 15) is 10.1 Å². The fourth-order valence-electron chi connectivity index (χ4n) is 6.87. The molecule has 11 nitrogen and oxygen atoms in total. The average Bonchev–Trinajstić information content (AvgIpc) is 3.81. The number of nitrogens with two attached hydrogens (primary N) is 1. The Morgan fingerprint density at radius 2 is 1.91 bits per heavy atom. The molecule has 3 aliphatic rings. The van der Waals surface area contributed by atoms with Crippen molar-refractivity contribution in [3.05, 3.63) is 72.3 Å². The number of likely N-dealkylation sites (tertiary alicyclic amines) is 1. The third-order valence-corrected chi connectivity index (χ3v) is 9.19. The largest absolute Gasteiger partial charge is 0.457 e. The highest BCUT2D eigenvalue weighted by molar-refractivity contribution is 5.99. The lowest BCUT2D eigenvalue weighted by Gasteiger charge is -2.46. The van der Waals surface area contributed by atoms with E-state index in [0.717, 1.165) is 12.8 Å². The SMILES string of the molecule is CC(C)(/C=C(\C#N)C(=O)N1CCC[C@H](n2nc(-c3ccc(Oc4ccccc4)cc3F)c3c(N)ncnc32)C1)N(C1CC1)C1COC1. The number of nitriles is 1. The highest BCUT2D eigenvalue weighted by atomic mass is 19.1. The molecule has 0 bridgehead atoms. The summed E-state index contributed by atoms with van der Waals surface area (Å²) >= 11 is 0. The number of para-hydroxylation sites is 1. The van der Waals surface area contributed by atoms with Crippen LogP contribution in [0.4, 0.5) is 10.2 Å². The normalized spacial score (nSPS) is 19.1. The molecule has 242 valence electrons. The molecule has 7 rings (SSSR count). The third kappa shape index (κ3) is 6.04. The smallest absolute Gasteiger partial charge is 0.264 e. The van der Waals surface area contributed by atoms with Gasteiger partial charge in [-0.1, -0.05) is 18.2 Å². The maximum Gasteiger partial charge on any atom is 0.264 e. The molecule has 47 heavy (non-hydrogen) atoms. The second-order valence-electron chi connectivity index (χ2n) is 13.0. The van der Waals surface area contributed by atoms with Gasteiger partial charge in [0.25, 0.3) is 5.91 Å². The minimum atomic E-state index is -0.534. The van der Waals surface area contributed by atoms with Crippen LogP contribution in [0.15, 0.2) is 66.5 Å². The number of fused-ring (bicyclic) bond motifs is 1. The van der Waals surface area contributed by atoms with Gasteiger partial charge in [-0.05, 0) is 69.9 Å². The second-order valence-corrected chi connectivity index (χ2v) is 13.0. The Balaban J connectivity index is 1.16. The minimum absolute atomic E-state index is 0.124. The molecule has 1 amide bonds. The quantitative estimate of drug-likeness (QED) is 0.193. The van der Waals surface area contributed by atoms with Crippen LogP contribution in [0.2, 0.25) is 0 Å². The van der Waals surface area contributed by atoms with E-state index in [0.29, 0.717) is 73.4 Å². The minimum Gasteiger partial charge on any atom is -0.457 e. The Hall–Kier alpha value is -4.86. The molecular formula is C35H37FN8O3. The van der Waals surface area contributed by atoms with E-state index < -0.39 is 11.4 Å². The molecule has 2 aromatic heterocycles. The molecule has 2 aromatic carbocycles. The number of ether oxygens (including phenoxy) is 2. The van der Waals surface area contributed by atoms with E-state index in [1.807, 2.05) is 24.3 Å². The number of carbonyl (C=O) groups is 1. The zero-order chi connectivity index (χ0) is 32.7. The first-order valence-corrected chi connectivity index (χ1v) is 16.0. The average molecular weight is 637 g/mol. The van der Waals surface area contributed by atoms with Gasteiger partial charge >= 0.3 is 0 Å². The van der Waals surface area contributed by atoms with Gasteiger partial charge in [0.2, 0.25) is 0 Å². The zero-order valence-corrected chi connectivity index (χ0v) is 26.5. The lowest BCUT2D eigenvalue weighted by Crippen LogP contribution is -2.58. The van der Waals surface area contributed by atoms with Gasteiger partial charge in [-0.2, -0.15) is 10.4 Å². The number of nitrogens with zero attached hydrogens (tertiary/aromatic N) is 7. The molecule has 2 aliphatic heterocycles. The highest BCUT2D eigenvalue weighted by Crippen LogP contribution is 2.39. The van der Waals surface area contributed by atoms with Crippen LogP contribution in [0.25, 0.3) is 22.3 Å². The van der Waals surface area contributed by atoms with Crippen LogP contribution >= 0.6 is 0 Å². The number of hydrogen-bond donors (Lipinski definition) is 1. The molecule has 12 heteroatoms. The maximum atomic E-state index is 15.7. The maximum absolute atomic E-state index is 15.7. The van der Waals surface area contributed by atoms with Crippen molar-refractivity contribution in [2.45, 2.75) is 63.2 Å². The summed E-state index contributed by atoms with van der Waals surface area (Å²) in [5.41, 5.74) is 6.96. The van der Waals surface area contributed by atoms with Crippen molar-refractivity contribution in [1.29, 1.82) is 5.26 Å². The lowest BCUT2D eigenvalue weighted by molar-refractivity contribution is -0.128. The summed E-state index contributed by atoms with van der Waals surface area (Å²) in [6.45, 7) is 6.29. The van der Waals surface area contributed by atoms with Crippen LogP contribution < -0.4 is 10.5 Å². The Morgan fingerprint density at radius 3 is 2.60 bits per heavy atom. The van der Waals surface area contributed by atoms with E-state index in [2.05, 4.69) is 34.8 Å². The van der Waals surface area contributed by atoms with Gasteiger partial charge < -0.3 is 20.1 Å². The molecule has 2 N–H and O–H groups in total. The van der Waals surface area contributed by atoms with Crippen molar-refractivity contribution in [3.8, 4) is 28.8 Å². The van der Waals surface area contributed by atoms with Gasteiger partial charge in [0.15, 0.2) is 5.65 Å². The molecule has 4 aromatic rings. The lowest BCUT2D eigenvalue weighted by atomic mass is 9.94. The summed E-state index contributed by atoms with van der Waals surface area (Å²) in [5.74, 6) is 0.274. The van der Waals surface area contributed by atoms with Crippen LogP contribution in [0.5, 0.6) is 11.5 Å². The number of amides is 1. The molecule has 2 saturated heterocycles. The Morgan fingerprint density at radius 1 is 1.13 bits per heavy atom. The van der Waals surface area contributed by atoms with E-state index in [1.54, 1.807) is 33.8 Å². The highest BCUT2D eigenvalue weighted by Gasteiger charge is 2.44. The van der Waals surface area contributed by atoms with Crippen molar-refractivity contribution in [3.63, 3.8) is 0 Å². The molecule has 0 spiro atoms. The number of carbonyl (C=O) groups excluding carboxylic acids is 1. The van der Waals surface area contributed by atoms with Crippen LogP contribution in [-0.2, 0) is 9.53 Å². The predicted octanol–water partition coefficient (Wildman–Crippen LogP) is 5.26. The molecule has 0 radical (unpaired) electrons. The van der Waals surface area contributed by atoms with Crippen LogP contribution in [-0.4, -0.2) is 79.4 Å². The fraction of sp³-hybridized carbons (Fsp3) is 0.400. The summed E-state index contributed by atoms with van der Waals surface area (Å²) in [6, 6.07) is 16.4. The third-order valence-electron chi connectivity index (χ3n) is 9.19. The summed E-state index contributed by atoms with van der Waals surface area (Å²) in [7, 11) is 0. The first kappa shape index (κ1) is 30.8.